The molecule has 96 valence electrons. The summed E-state index contributed by atoms with van der Waals surface area (Å²) >= 11 is 0. The minimum absolute atomic E-state index is 0.202. The molecule has 18 heavy (non-hydrogen) atoms. The van der Waals surface area contributed by atoms with E-state index in [0.29, 0.717) is 37.2 Å². The Kier molecular flexibility index (Phi) is 4.07. The lowest BCUT2D eigenvalue weighted by Gasteiger charge is -2.13. The average molecular weight is 248 g/mol. The van der Waals surface area contributed by atoms with Crippen LogP contribution in [0.2, 0.25) is 0 Å². The summed E-state index contributed by atoms with van der Waals surface area (Å²) in [5, 5.41) is 0. The normalized spacial score (nSPS) is 14.2. The number of fused-ring (bicyclic) bond motifs is 1. The summed E-state index contributed by atoms with van der Waals surface area (Å²) in [5.74, 6) is -0.404. The van der Waals surface area contributed by atoms with Gasteiger partial charge in [-0.25, -0.2) is 5.48 Å². The Labute approximate surface area is 106 Å². The van der Waals surface area contributed by atoms with Crippen molar-refractivity contribution in [2.45, 2.75) is 13.3 Å². The molecule has 0 unspecified atom stereocenters. The largest absolute Gasteiger partial charge is 0.302 e. The third-order valence-electron chi connectivity index (χ3n) is 2.79. The Morgan fingerprint density at radius 2 is 1.78 bits per heavy atom. The van der Waals surface area contributed by atoms with Crippen LogP contribution in [0.15, 0.2) is 24.3 Å². The summed E-state index contributed by atoms with van der Waals surface area (Å²) in [6.45, 7) is 3.50. The van der Waals surface area contributed by atoms with Crippen molar-refractivity contribution in [3.05, 3.63) is 35.4 Å². The van der Waals surface area contributed by atoms with Gasteiger partial charge in [-0.2, -0.15) is 0 Å². The zero-order valence-corrected chi connectivity index (χ0v) is 10.3. The lowest BCUT2D eigenvalue weighted by atomic mass is 10.1. The highest BCUT2D eigenvalue weighted by Gasteiger charge is 2.34. The molecule has 2 amide bonds. The summed E-state index contributed by atoms with van der Waals surface area (Å²) in [6, 6.07) is 6.91. The number of carbonyl (C=O) groups excluding carboxylic acids is 2. The summed E-state index contributed by atoms with van der Waals surface area (Å²) in [6.07, 6.45) is 0.672. The second kappa shape index (κ2) is 5.75. The fraction of sp³-hybridized carbons (Fsp3) is 0.385. The molecule has 0 aromatic heterocycles. The van der Waals surface area contributed by atoms with Crippen molar-refractivity contribution in [1.29, 1.82) is 0 Å². The number of nitrogens with one attached hydrogen (secondary N) is 1. The lowest BCUT2D eigenvalue weighted by molar-refractivity contribution is 0.0465. The van der Waals surface area contributed by atoms with E-state index in [1.165, 1.54) is 4.90 Å². The van der Waals surface area contributed by atoms with Crippen LogP contribution in [0.5, 0.6) is 0 Å². The van der Waals surface area contributed by atoms with Crippen LogP contribution in [-0.4, -0.2) is 36.4 Å². The van der Waals surface area contributed by atoms with Crippen LogP contribution in [0.3, 0.4) is 0 Å². The zero-order chi connectivity index (χ0) is 13.0. The van der Waals surface area contributed by atoms with Crippen molar-refractivity contribution in [3.8, 4) is 0 Å². The second-order valence-electron chi connectivity index (χ2n) is 3.99. The number of rotatable bonds is 6. The number of imide groups is 1. The molecule has 0 saturated carbocycles. The predicted molar refractivity (Wildman–Crippen MR) is 66.1 cm³/mol. The molecule has 1 aromatic rings. The first-order valence-electron chi connectivity index (χ1n) is 6.05. The maximum absolute atomic E-state index is 12.0. The molecule has 1 aromatic carbocycles. The highest BCUT2D eigenvalue weighted by molar-refractivity contribution is 6.21. The Bertz CT molecular complexity index is 424. The van der Waals surface area contributed by atoms with Gasteiger partial charge in [-0.15, -0.1) is 0 Å². The van der Waals surface area contributed by atoms with Crippen LogP contribution in [0.25, 0.3) is 0 Å². The number of benzene rings is 1. The first-order chi connectivity index (χ1) is 8.75. The molecule has 5 heteroatoms. The van der Waals surface area contributed by atoms with Gasteiger partial charge in [0.2, 0.25) is 0 Å². The molecule has 1 heterocycles. The highest BCUT2D eigenvalue weighted by Crippen LogP contribution is 2.22. The van der Waals surface area contributed by atoms with Gasteiger partial charge >= 0.3 is 0 Å². The van der Waals surface area contributed by atoms with E-state index < -0.39 is 0 Å². The van der Waals surface area contributed by atoms with Crippen molar-refractivity contribution in [2.75, 3.05) is 19.7 Å². The van der Waals surface area contributed by atoms with Crippen LogP contribution in [0.1, 0.15) is 34.1 Å². The molecule has 1 aliphatic heterocycles. The van der Waals surface area contributed by atoms with Gasteiger partial charge in [0.15, 0.2) is 0 Å². The molecule has 0 saturated heterocycles. The number of hydrogen-bond donors (Lipinski definition) is 1. The van der Waals surface area contributed by atoms with Crippen LogP contribution in [0, 0.1) is 0 Å². The van der Waals surface area contributed by atoms with Gasteiger partial charge in [0.05, 0.1) is 17.7 Å². The van der Waals surface area contributed by atoms with Crippen LogP contribution in [-0.2, 0) is 4.84 Å². The third kappa shape index (κ3) is 2.42. The van der Waals surface area contributed by atoms with Crippen molar-refractivity contribution in [3.63, 3.8) is 0 Å². The van der Waals surface area contributed by atoms with Crippen LogP contribution >= 0.6 is 0 Å². The van der Waals surface area contributed by atoms with Gasteiger partial charge < -0.3 is 4.84 Å². The van der Waals surface area contributed by atoms with Gasteiger partial charge in [0.1, 0.15) is 0 Å². The summed E-state index contributed by atoms with van der Waals surface area (Å²) in [7, 11) is 0. The zero-order valence-electron chi connectivity index (χ0n) is 10.3. The quantitative estimate of drug-likeness (QED) is 0.467. The lowest BCUT2D eigenvalue weighted by Crippen LogP contribution is -2.32. The second-order valence-corrected chi connectivity index (χ2v) is 3.99. The van der Waals surface area contributed by atoms with E-state index in [1.54, 1.807) is 24.3 Å². The van der Waals surface area contributed by atoms with Gasteiger partial charge in [0.25, 0.3) is 11.8 Å². The fourth-order valence-electron chi connectivity index (χ4n) is 1.93. The highest BCUT2D eigenvalue weighted by atomic mass is 16.6. The fourth-order valence-corrected chi connectivity index (χ4v) is 1.93. The monoisotopic (exact) mass is 248 g/mol. The Balaban J connectivity index is 1.93. The summed E-state index contributed by atoms with van der Waals surface area (Å²) < 4.78 is 0. The summed E-state index contributed by atoms with van der Waals surface area (Å²) in [4.78, 5) is 30.2. The van der Waals surface area contributed by atoms with E-state index in [4.69, 9.17) is 4.84 Å². The van der Waals surface area contributed by atoms with Crippen LogP contribution in [0.4, 0.5) is 0 Å². The molecule has 0 fully saturated rings. The molecule has 0 bridgehead atoms. The van der Waals surface area contributed by atoms with E-state index in [1.807, 2.05) is 6.92 Å². The van der Waals surface area contributed by atoms with Gasteiger partial charge in [-0.3, -0.25) is 14.5 Å². The van der Waals surface area contributed by atoms with Crippen molar-refractivity contribution >= 4 is 11.8 Å². The number of carbonyl (C=O) groups is 2. The smallest absolute Gasteiger partial charge is 0.261 e. The number of hydroxylamine groups is 1. The van der Waals surface area contributed by atoms with Gasteiger partial charge in [0, 0.05) is 13.1 Å². The molecule has 0 radical (unpaired) electrons. The number of nitrogens with zero attached hydrogens (tertiary/aromatic N) is 1. The van der Waals surface area contributed by atoms with Crippen molar-refractivity contribution in [1.82, 2.24) is 10.4 Å². The molecular weight excluding hydrogens is 232 g/mol. The minimum Gasteiger partial charge on any atom is -0.302 e. The maximum atomic E-state index is 12.0. The molecule has 0 aliphatic carbocycles. The van der Waals surface area contributed by atoms with E-state index in [2.05, 4.69) is 5.48 Å². The maximum Gasteiger partial charge on any atom is 0.261 e. The van der Waals surface area contributed by atoms with E-state index in [0.717, 1.165) is 0 Å². The topological polar surface area (TPSA) is 58.6 Å². The Morgan fingerprint density at radius 1 is 1.17 bits per heavy atom. The van der Waals surface area contributed by atoms with E-state index in [9.17, 15) is 9.59 Å². The predicted octanol–water partition coefficient (Wildman–Crippen LogP) is 1.21. The average Bonchev–Trinajstić information content (AvgIpc) is 2.64. The van der Waals surface area contributed by atoms with E-state index in [-0.39, 0.29) is 11.8 Å². The standard InChI is InChI=1S/C13H16N2O3/c1-2-18-14-8-5-9-15-12(16)10-6-3-4-7-11(10)13(15)17/h3-4,6-7,14H,2,5,8-9H2,1H3. The first-order valence-corrected chi connectivity index (χ1v) is 6.05. The van der Waals surface area contributed by atoms with Crippen molar-refractivity contribution < 1.29 is 14.4 Å². The molecular formula is C13H16N2O3. The molecule has 5 nitrogen and oxygen atoms in total. The summed E-state index contributed by atoms with van der Waals surface area (Å²) in [5.41, 5.74) is 3.76. The molecule has 1 aliphatic rings. The minimum atomic E-state index is -0.202. The van der Waals surface area contributed by atoms with E-state index >= 15 is 0 Å². The molecule has 2 rings (SSSR count). The SMILES string of the molecule is CCONCCCN1C(=O)c2ccccc2C1=O. The van der Waals surface area contributed by atoms with Gasteiger partial charge in [-0.05, 0) is 25.5 Å². The molecule has 0 spiro atoms. The first kappa shape index (κ1) is 12.7. The Hall–Kier alpha value is -1.72. The van der Waals surface area contributed by atoms with Crippen molar-refractivity contribution in [2.24, 2.45) is 0 Å². The van der Waals surface area contributed by atoms with Crippen LogP contribution < -0.4 is 5.48 Å². The van der Waals surface area contributed by atoms with Gasteiger partial charge in [-0.1, -0.05) is 12.1 Å². The Morgan fingerprint density at radius 3 is 2.33 bits per heavy atom. The number of hydrogen-bond acceptors (Lipinski definition) is 4. The number of amides is 2. The molecule has 1 N–H and O–H groups in total. The third-order valence-corrected chi connectivity index (χ3v) is 2.79. The molecule has 0 atom stereocenters.